The quantitative estimate of drug-likeness (QED) is 0.924. The van der Waals surface area contributed by atoms with E-state index in [0.717, 1.165) is 5.56 Å². The van der Waals surface area contributed by atoms with E-state index in [1.807, 2.05) is 19.9 Å². The van der Waals surface area contributed by atoms with Gasteiger partial charge in [0.15, 0.2) is 0 Å². The maximum Gasteiger partial charge on any atom is 0.240 e. The maximum atomic E-state index is 5.90. The SMILES string of the molecule is CCOc1nc(Oc2ccc(Cl)cc2C)ccc1N. The topological polar surface area (TPSA) is 57.4 Å². The molecule has 0 spiro atoms. The van der Waals surface area contributed by atoms with Crippen LogP contribution in [-0.2, 0) is 0 Å². The molecule has 0 saturated heterocycles. The molecule has 0 amide bonds. The van der Waals surface area contributed by atoms with Crippen LogP contribution in [0, 0.1) is 6.92 Å². The van der Waals surface area contributed by atoms with Crippen molar-refractivity contribution < 1.29 is 9.47 Å². The van der Waals surface area contributed by atoms with Gasteiger partial charge in [0.2, 0.25) is 11.8 Å². The molecule has 5 heteroatoms. The lowest BCUT2D eigenvalue weighted by molar-refractivity contribution is 0.323. The van der Waals surface area contributed by atoms with E-state index in [1.54, 1.807) is 24.3 Å². The Bertz CT molecular complexity index is 588. The van der Waals surface area contributed by atoms with Crippen LogP contribution in [0.5, 0.6) is 17.5 Å². The number of benzene rings is 1. The fraction of sp³-hybridized carbons (Fsp3) is 0.214. The fourth-order valence-corrected chi connectivity index (χ4v) is 1.81. The molecular formula is C14H15ClN2O2. The van der Waals surface area contributed by atoms with E-state index < -0.39 is 0 Å². The molecule has 0 aliphatic heterocycles. The standard InChI is InChI=1S/C14H15ClN2O2/c1-3-18-14-11(16)5-7-13(17-14)19-12-6-4-10(15)8-9(12)2/h4-8H,3,16H2,1-2H3. The molecule has 0 bridgehead atoms. The largest absolute Gasteiger partial charge is 0.476 e. The summed E-state index contributed by atoms with van der Waals surface area (Å²) < 4.78 is 11.0. The highest BCUT2D eigenvalue weighted by Gasteiger charge is 2.07. The van der Waals surface area contributed by atoms with Gasteiger partial charge in [0.05, 0.1) is 12.3 Å². The highest BCUT2D eigenvalue weighted by atomic mass is 35.5. The van der Waals surface area contributed by atoms with Crippen molar-refractivity contribution in [3.8, 4) is 17.5 Å². The molecule has 0 aliphatic carbocycles. The Morgan fingerprint density at radius 2 is 2.05 bits per heavy atom. The Morgan fingerprint density at radius 1 is 1.26 bits per heavy atom. The maximum absolute atomic E-state index is 5.90. The minimum atomic E-state index is 0.381. The van der Waals surface area contributed by atoms with Gasteiger partial charge in [-0.15, -0.1) is 0 Å². The number of hydrogen-bond acceptors (Lipinski definition) is 4. The van der Waals surface area contributed by atoms with Gasteiger partial charge in [0.1, 0.15) is 5.75 Å². The number of nitrogen functional groups attached to an aromatic ring is 1. The van der Waals surface area contributed by atoms with Crippen molar-refractivity contribution in [2.75, 3.05) is 12.3 Å². The molecule has 0 saturated carbocycles. The summed E-state index contributed by atoms with van der Waals surface area (Å²) >= 11 is 5.90. The lowest BCUT2D eigenvalue weighted by Gasteiger charge is -2.10. The number of aromatic nitrogens is 1. The smallest absolute Gasteiger partial charge is 0.240 e. The van der Waals surface area contributed by atoms with Gasteiger partial charge >= 0.3 is 0 Å². The molecule has 19 heavy (non-hydrogen) atoms. The van der Waals surface area contributed by atoms with Crippen molar-refractivity contribution in [1.82, 2.24) is 4.98 Å². The molecule has 0 unspecified atom stereocenters. The molecule has 4 nitrogen and oxygen atoms in total. The summed E-state index contributed by atoms with van der Waals surface area (Å²) in [5.41, 5.74) is 7.18. The first kappa shape index (κ1) is 13.5. The van der Waals surface area contributed by atoms with Crippen LogP contribution in [0.2, 0.25) is 5.02 Å². The van der Waals surface area contributed by atoms with E-state index in [2.05, 4.69) is 4.98 Å². The number of rotatable bonds is 4. The normalized spacial score (nSPS) is 10.3. The number of ether oxygens (including phenoxy) is 2. The Kier molecular flexibility index (Phi) is 4.12. The van der Waals surface area contributed by atoms with Crippen molar-refractivity contribution in [3.05, 3.63) is 40.9 Å². The van der Waals surface area contributed by atoms with Crippen LogP contribution in [0.15, 0.2) is 30.3 Å². The van der Waals surface area contributed by atoms with Crippen molar-refractivity contribution in [2.45, 2.75) is 13.8 Å². The molecule has 0 atom stereocenters. The second kappa shape index (κ2) is 5.80. The molecule has 100 valence electrons. The second-order valence-corrected chi connectivity index (χ2v) is 4.43. The van der Waals surface area contributed by atoms with Crippen LogP contribution in [0.3, 0.4) is 0 Å². The first-order chi connectivity index (χ1) is 9.10. The van der Waals surface area contributed by atoms with Crippen molar-refractivity contribution >= 4 is 17.3 Å². The van der Waals surface area contributed by atoms with Crippen molar-refractivity contribution in [3.63, 3.8) is 0 Å². The predicted octanol–water partition coefficient (Wildman–Crippen LogP) is 3.82. The lowest BCUT2D eigenvalue weighted by atomic mass is 10.2. The summed E-state index contributed by atoms with van der Waals surface area (Å²) in [5, 5.41) is 0.671. The molecule has 2 aromatic rings. The average Bonchev–Trinajstić information content (AvgIpc) is 2.37. The van der Waals surface area contributed by atoms with Crippen molar-refractivity contribution in [1.29, 1.82) is 0 Å². The van der Waals surface area contributed by atoms with Crippen LogP contribution in [0.1, 0.15) is 12.5 Å². The summed E-state index contributed by atoms with van der Waals surface area (Å²) in [5.74, 6) is 1.51. The van der Waals surface area contributed by atoms with E-state index in [0.29, 0.717) is 34.8 Å². The molecule has 0 fully saturated rings. The third-order valence-corrected chi connectivity index (χ3v) is 2.73. The fourth-order valence-electron chi connectivity index (χ4n) is 1.58. The zero-order chi connectivity index (χ0) is 13.8. The van der Waals surface area contributed by atoms with Crippen molar-refractivity contribution in [2.24, 2.45) is 0 Å². The number of halogens is 1. The highest BCUT2D eigenvalue weighted by molar-refractivity contribution is 6.30. The molecule has 0 radical (unpaired) electrons. The molecule has 1 aromatic carbocycles. The minimum absolute atomic E-state index is 0.381. The number of aryl methyl sites for hydroxylation is 1. The molecule has 2 N–H and O–H groups in total. The summed E-state index contributed by atoms with van der Waals surface area (Å²) in [6.07, 6.45) is 0. The predicted molar refractivity (Wildman–Crippen MR) is 76.1 cm³/mol. The molecule has 0 aliphatic rings. The summed E-state index contributed by atoms with van der Waals surface area (Å²) in [6.45, 7) is 4.29. The number of hydrogen-bond donors (Lipinski definition) is 1. The monoisotopic (exact) mass is 278 g/mol. The van der Waals surface area contributed by atoms with Crippen LogP contribution in [0.25, 0.3) is 0 Å². The Morgan fingerprint density at radius 3 is 2.74 bits per heavy atom. The van der Waals surface area contributed by atoms with E-state index in [4.69, 9.17) is 26.8 Å². The molecule has 1 heterocycles. The average molecular weight is 279 g/mol. The summed E-state index contributed by atoms with van der Waals surface area (Å²) in [6, 6.07) is 8.81. The number of anilines is 1. The third kappa shape index (κ3) is 3.29. The number of pyridine rings is 1. The van der Waals surface area contributed by atoms with Gasteiger partial charge in [0.25, 0.3) is 0 Å². The first-order valence-electron chi connectivity index (χ1n) is 5.93. The zero-order valence-electron chi connectivity index (χ0n) is 10.8. The van der Waals surface area contributed by atoms with Gasteiger partial charge in [-0.3, -0.25) is 0 Å². The van der Waals surface area contributed by atoms with Crippen LogP contribution < -0.4 is 15.2 Å². The Balaban J connectivity index is 2.25. The van der Waals surface area contributed by atoms with Gasteiger partial charge in [-0.2, -0.15) is 4.98 Å². The zero-order valence-corrected chi connectivity index (χ0v) is 11.6. The number of nitrogens with two attached hydrogens (primary N) is 1. The van der Waals surface area contributed by atoms with Crippen LogP contribution >= 0.6 is 11.6 Å². The van der Waals surface area contributed by atoms with Gasteiger partial charge in [-0.05, 0) is 43.7 Å². The first-order valence-corrected chi connectivity index (χ1v) is 6.31. The van der Waals surface area contributed by atoms with E-state index in [1.165, 1.54) is 0 Å². The molecule has 2 rings (SSSR count). The van der Waals surface area contributed by atoms with Gasteiger partial charge in [0, 0.05) is 11.1 Å². The Labute approximate surface area is 117 Å². The van der Waals surface area contributed by atoms with Gasteiger partial charge in [-0.1, -0.05) is 11.6 Å². The molecule has 1 aromatic heterocycles. The van der Waals surface area contributed by atoms with E-state index in [9.17, 15) is 0 Å². The second-order valence-electron chi connectivity index (χ2n) is 3.99. The van der Waals surface area contributed by atoms with Gasteiger partial charge < -0.3 is 15.2 Å². The van der Waals surface area contributed by atoms with Crippen LogP contribution in [0.4, 0.5) is 5.69 Å². The highest BCUT2D eigenvalue weighted by Crippen LogP contribution is 2.29. The number of nitrogens with zero attached hydrogens (tertiary/aromatic N) is 1. The third-order valence-electron chi connectivity index (χ3n) is 2.50. The lowest BCUT2D eigenvalue weighted by Crippen LogP contribution is -2.00. The summed E-state index contributed by atoms with van der Waals surface area (Å²) in [4.78, 5) is 4.22. The van der Waals surface area contributed by atoms with Gasteiger partial charge in [-0.25, -0.2) is 0 Å². The van der Waals surface area contributed by atoms with E-state index >= 15 is 0 Å². The Hall–Kier alpha value is -1.94. The van der Waals surface area contributed by atoms with Crippen LogP contribution in [-0.4, -0.2) is 11.6 Å². The minimum Gasteiger partial charge on any atom is -0.476 e. The molecular weight excluding hydrogens is 264 g/mol. The summed E-state index contributed by atoms with van der Waals surface area (Å²) in [7, 11) is 0. The van der Waals surface area contributed by atoms with E-state index in [-0.39, 0.29) is 0 Å².